The van der Waals surface area contributed by atoms with E-state index >= 15 is 0 Å². The smallest absolute Gasteiger partial charge is 0.246 e. The van der Waals surface area contributed by atoms with E-state index in [0.29, 0.717) is 6.10 Å². The summed E-state index contributed by atoms with van der Waals surface area (Å²) in [6, 6.07) is 8.05. The minimum atomic E-state index is 0.0797. The molecule has 0 spiro atoms. The van der Waals surface area contributed by atoms with Crippen LogP contribution >= 0.6 is 11.3 Å². The summed E-state index contributed by atoms with van der Waals surface area (Å²) in [5.74, 6) is 0.0797. The van der Waals surface area contributed by atoms with Crippen molar-refractivity contribution in [3.05, 3.63) is 35.3 Å². The first-order valence-electron chi connectivity index (χ1n) is 8.94. The van der Waals surface area contributed by atoms with Crippen LogP contribution in [0.15, 0.2) is 30.3 Å². The third-order valence-corrected chi connectivity index (χ3v) is 5.85. The third-order valence-electron chi connectivity index (χ3n) is 4.85. The number of para-hydroxylation sites is 1. The molecule has 2 aromatic rings. The molecule has 132 valence electrons. The van der Waals surface area contributed by atoms with Crippen LogP contribution in [0.5, 0.6) is 0 Å². The van der Waals surface area contributed by atoms with Crippen molar-refractivity contribution in [2.75, 3.05) is 39.3 Å². The predicted octanol–water partition coefficient (Wildman–Crippen LogP) is 2.63. The Kier molecular flexibility index (Phi) is 5.10. The maximum absolute atomic E-state index is 12.4. The van der Waals surface area contributed by atoms with Gasteiger partial charge < -0.3 is 9.64 Å². The van der Waals surface area contributed by atoms with Crippen molar-refractivity contribution in [3.8, 4) is 0 Å². The summed E-state index contributed by atoms with van der Waals surface area (Å²) in [5.41, 5.74) is 0.988. The van der Waals surface area contributed by atoms with Gasteiger partial charge in [0.1, 0.15) is 5.01 Å². The Hall–Kier alpha value is -1.76. The van der Waals surface area contributed by atoms with Gasteiger partial charge in [-0.25, -0.2) is 4.98 Å². The van der Waals surface area contributed by atoms with Crippen LogP contribution in [0.3, 0.4) is 0 Å². The van der Waals surface area contributed by atoms with Crippen LogP contribution in [0.1, 0.15) is 17.8 Å². The number of amides is 1. The largest absolute Gasteiger partial charge is 0.377 e. The van der Waals surface area contributed by atoms with E-state index in [9.17, 15) is 4.79 Å². The second kappa shape index (κ2) is 7.64. The molecule has 1 amide bonds. The maximum atomic E-state index is 12.4. The standard InChI is InChI=1S/C19H23N3O2S/c23-19(8-7-18-20-16-5-1-2-6-17(16)25-18)22-11-9-21(10-12-22)14-15-4-3-13-24-15/h1-2,5-8,15H,3-4,9-14H2. The van der Waals surface area contributed by atoms with Crippen molar-refractivity contribution in [1.29, 1.82) is 0 Å². The van der Waals surface area contributed by atoms with Crippen LogP contribution in [0.25, 0.3) is 16.3 Å². The zero-order valence-corrected chi connectivity index (χ0v) is 15.1. The molecule has 25 heavy (non-hydrogen) atoms. The van der Waals surface area contributed by atoms with E-state index in [1.165, 1.54) is 12.8 Å². The van der Waals surface area contributed by atoms with Gasteiger partial charge in [-0.3, -0.25) is 9.69 Å². The molecular formula is C19H23N3O2S. The lowest BCUT2D eigenvalue weighted by atomic mass is 10.2. The molecule has 0 N–H and O–H groups in total. The minimum Gasteiger partial charge on any atom is -0.377 e. The Morgan fingerprint density at radius 2 is 2.12 bits per heavy atom. The fraction of sp³-hybridized carbons (Fsp3) is 0.474. The number of benzene rings is 1. The van der Waals surface area contributed by atoms with Gasteiger partial charge in [0, 0.05) is 45.4 Å². The van der Waals surface area contributed by atoms with Crippen LogP contribution in [-0.4, -0.2) is 66.1 Å². The molecule has 1 unspecified atom stereocenters. The number of hydrogen-bond donors (Lipinski definition) is 0. The first-order valence-corrected chi connectivity index (χ1v) is 9.76. The van der Waals surface area contributed by atoms with Crippen molar-refractivity contribution in [2.24, 2.45) is 0 Å². The quantitative estimate of drug-likeness (QED) is 0.789. The van der Waals surface area contributed by atoms with Gasteiger partial charge in [0.2, 0.25) is 5.91 Å². The zero-order chi connectivity index (χ0) is 17.1. The number of thiazole rings is 1. The van der Waals surface area contributed by atoms with Gasteiger partial charge in [-0.2, -0.15) is 0 Å². The van der Waals surface area contributed by atoms with Gasteiger partial charge in [-0.1, -0.05) is 12.1 Å². The van der Waals surface area contributed by atoms with Gasteiger partial charge in [-0.15, -0.1) is 11.3 Å². The van der Waals surface area contributed by atoms with E-state index in [0.717, 1.165) is 54.6 Å². The van der Waals surface area contributed by atoms with Crippen LogP contribution in [-0.2, 0) is 9.53 Å². The lowest BCUT2D eigenvalue weighted by molar-refractivity contribution is -0.127. The minimum absolute atomic E-state index is 0.0797. The van der Waals surface area contributed by atoms with Crippen molar-refractivity contribution < 1.29 is 9.53 Å². The lowest BCUT2D eigenvalue weighted by Gasteiger charge is -2.35. The maximum Gasteiger partial charge on any atom is 0.246 e. The molecule has 0 saturated carbocycles. The second-order valence-electron chi connectivity index (χ2n) is 6.61. The average Bonchev–Trinajstić information content (AvgIpc) is 3.29. The van der Waals surface area contributed by atoms with E-state index in [1.54, 1.807) is 17.4 Å². The fourth-order valence-corrected chi connectivity index (χ4v) is 4.31. The topological polar surface area (TPSA) is 45.7 Å². The number of aromatic nitrogens is 1. The highest BCUT2D eigenvalue weighted by Gasteiger charge is 2.24. The number of fused-ring (bicyclic) bond motifs is 1. The third kappa shape index (κ3) is 4.08. The molecule has 0 aliphatic carbocycles. The Labute approximate surface area is 151 Å². The van der Waals surface area contributed by atoms with Crippen LogP contribution < -0.4 is 0 Å². The van der Waals surface area contributed by atoms with Crippen LogP contribution in [0.4, 0.5) is 0 Å². The summed E-state index contributed by atoms with van der Waals surface area (Å²) in [5, 5.41) is 0.881. The molecule has 2 aliphatic rings. The summed E-state index contributed by atoms with van der Waals surface area (Å²) in [6.07, 6.45) is 6.24. The number of hydrogen-bond acceptors (Lipinski definition) is 5. The molecule has 0 radical (unpaired) electrons. The zero-order valence-electron chi connectivity index (χ0n) is 14.3. The van der Waals surface area contributed by atoms with Crippen LogP contribution in [0, 0.1) is 0 Å². The van der Waals surface area contributed by atoms with Crippen molar-refractivity contribution in [2.45, 2.75) is 18.9 Å². The first kappa shape index (κ1) is 16.7. The van der Waals surface area contributed by atoms with E-state index in [-0.39, 0.29) is 5.91 Å². The normalized spacial score (nSPS) is 22.2. The summed E-state index contributed by atoms with van der Waals surface area (Å²) in [7, 11) is 0. The highest BCUT2D eigenvalue weighted by molar-refractivity contribution is 7.19. The van der Waals surface area contributed by atoms with Gasteiger partial charge in [0.05, 0.1) is 16.3 Å². The molecule has 5 nitrogen and oxygen atoms in total. The van der Waals surface area contributed by atoms with Crippen molar-refractivity contribution in [1.82, 2.24) is 14.8 Å². The SMILES string of the molecule is O=C(C=Cc1nc2ccccc2s1)N1CCN(CC2CCCO2)CC1. The molecular weight excluding hydrogens is 334 g/mol. The summed E-state index contributed by atoms with van der Waals surface area (Å²) < 4.78 is 6.85. The van der Waals surface area contributed by atoms with Crippen molar-refractivity contribution in [3.63, 3.8) is 0 Å². The monoisotopic (exact) mass is 357 g/mol. The highest BCUT2D eigenvalue weighted by atomic mass is 32.1. The lowest BCUT2D eigenvalue weighted by Crippen LogP contribution is -2.50. The Morgan fingerprint density at radius 1 is 1.28 bits per heavy atom. The molecule has 6 heteroatoms. The molecule has 3 heterocycles. The Morgan fingerprint density at radius 3 is 2.88 bits per heavy atom. The van der Waals surface area contributed by atoms with Gasteiger partial charge >= 0.3 is 0 Å². The van der Waals surface area contributed by atoms with E-state index in [2.05, 4.69) is 16.0 Å². The predicted molar refractivity (Wildman–Crippen MR) is 101 cm³/mol. The first-order chi connectivity index (χ1) is 12.3. The highest BCUT2D eigenvalue weighted by Crippen LogP contribution is 2.22. The molecule has 2 aliphatic heterocycles. The molecule has 4 rings (SSSR count). The summed E-state index contributed by atoms with van der Waals surface area (Å²) in [6.45, 7) is 5.34. The van der Waals surface area contributed by atoms with E-state index < -0.39 is 0 Å². The molecule has 0 bridgehead atoms. The van der Waals surface area contributed by atoms with Crippen LogP contribution in [0.2, 0.25) is 0 Å². The molecule has 2 saturated heterocycles. The Bertz CT molecular complexity index is 726. The van der Waals surface area contributed by atoms with Gasteiger partial charge in [-0.05, 0) is 31.1 Å². The average molecular weight is 357 g/mol. The van der Waals surface area contributed by atoms with Crippen molar-refractivity contribution >= 4 is 33.5 Å². The van der Waals surface area contributed by atoms with E-state index in [1.807, 2.05) is 29.2 Å². The number of piperazine rings is 1. The van der Waals surface area contributed by atoms with Gasteiger partial charge in [0.15, 0.2) is 0 Å². The van der Waals surface area contributed by atoms with E-state index in [4.69, 9.17) is 4.74 Å². The number of carbonyl (C=O) groups is 1. The Balaban J connectivity index is 1.29. The number of rotatable bonds is 4. The summed E-state index contributed by atoms with van der Waals surface area (Å²) in [4.78, 5) is 21.3. The fourth-order valence-electron chi connectivity index (χ4n) is 3.44. The number of ether oxygens (including phenoxy) is 1. The molecule has 1 aromatic heterocycles. The van der Waals surface area contributed by atoms with Gasteiger partial charge in [0.25, 0.3) is 0 Å². The molecule has 2 fully saturated rings. The molecule has 1 aromatic carbocycles. The number of nitrogens with zero attached hydrogens (tertiary/aromatic N) is 3. The molecule has 1 atom stereocenters. The summed E-state index contributed by atoms with van der Waals surface area (Å²) >= 11 is 1.61. The number of carbonyl (C=O) groups excluding carboxylic acids is 1. The second-order valence-corrected chi connectivity index (χ2v) is 7.68.